The van der Waals surface area contributed by atoms with Crippen molar-refractivity contribution < 1.29 is 4.79 Å². The molecule has 0 unspecified atom stereocenters. The third kappa shape index (κ3) is 3.79. The van der Waals surface area contributed by atoms with Crippen molar-refractivity contribution in [3.8, 4) is 11.3 Å². The standard InChI is InChI=1S/C19H23N5O/c1-13(2)22-17(25)8-9-21-19-18(15-7-5-4-6-14(15)3)23-16-12-20-10-11-24(16)19/h4-7,10-13,21H,8-9H2,1-3H3,(H,22,25). The Morgan fingerprint density at radius 1 is 1.28 bits per heavy atom. The quantitative estimate of drug-likeness (QED) is 0.725. The molecule has 3 aromatic rings. The number of aryl methyl sites for hydroxylation is 1. The van der Waals surface area contributed by atoms with Gasteiger partial charge in [0.2, 0.25) is 5.91 Å². The Hall–Kier alpha value is -2.89. The zero-order chi connectivity index (χ0) is 17.8. The predicted molar refractivity (Wildman–Crippen MR) is 99.5 cm³/mol. The number of hydrogen-bond donors (Lipinski definition) is 2. The number of rotatable bonds is 6. The van der Waals surface area contributed by atoms with Crippen LogP contribution in [0, 0.1) is 6.92 Å². The van der Waals surface area contributed by atoms with Crippen molar-refractivity contribution in [3.05, 3.63) is 48.4 Å². The van der Waals surface area contributed by atoms with E-state index in [-0.39, 0.29) is 11.9 Å². The van der Waals surface area contributed by atoms with Gasteiger partial charge in [-0.05, 0) is 26.3 Å². The molecule has 6 nitrogen and oxygen atoms in total. The van der Waals surface area contributed by atoms with Crippen LogP contribution >= 0.6 is 0 Å². The molecule has 0 fully saturated rings. The number of nitrogens with zero attached hydrogens (tertiary/aromatic N) is 3. The van der Waals surface area contributed by atoms with Crippen LogP contribution in [0.1, 0.15) is 25.8 Å². The number of carbonyl (C=O) groups excluding carboxylic acids is 1. The second-order valence-electron chi connectivity index (χ2n) is 6.33. The van der Waals surface area contributed by atoms with Gasteiger partial charge >= 0.3 is 0 Å². The summed E-state index contributed by atoms with van der Waals surface area (Å²) in [5.74, 6) is 0.916. The summed E-state index contributed by atoms with van der Waals surface area (Å²) < 4.78 is 1.97. The summed E-state index contributed by atoms with van der Waals surface area (Å²) in [5, 5.41) is 6.28. The minimum Gasteiger partial charge on any atom is -0.369 e. The number of fused-ring (bicyclic) bond motifs is 1. The van der Waals surface area contributed by atoms with E-state index in [2.05, 4.69) is 34.7 Å². The van der Waals surface area contributed by atoms with Crippen molar-refractivity contribution in [2.45, 2.75) is 33.2 Å². The van der Waals surface area contributed by atoms with Crippen LogP contribution in [-0.2, 0) is 4.79 Å². The summed E-state index contributed by atoms with van der Waals surface area (Å²) in [5.41, 5.74) is 3.87. The average molecular weight is 337 g/mol. The van der Waals surface area contributed by atoms with Gasteiger partial charge in [-0.15, -0.1) is 0 Å². The van der Waals surface area contributed by atoms with Crippen molar-refractivity contribution in [1.82, 2.24) is 19.7 Å². The van der Waals surface area contributed by atoms with Crippen molar-refractivity contribution in [1.29, 1.82) is 0 Å². The average Bonchev–Trinajstić information content (AvgIpc) is 2.93. The fraction of sp³-hybridized carbons (Fsp3) is 0.316. The molecule has 0 aliphatic rings. The molecule has 6 heteroatoms. The van der Waals surface area contributed by atoms with Crippen LogP contribution in [0.3, 0.4) is 0 Å². The van der Waals surface area contributed by atoms with Gasteiger partial charge in [-0.2, -0.15) is 0 Å². The number of aromatic nitrogens is 3. The topological polar surface area (TPSA) is 71.3 Å². The van der Waals surface area contributed by atoms with Crippen LogP contribution in [0.4, 0.5) is 5.82 Å². The summed E-state index contributed by atoms with van der Waals surface area (Å²) in [6, 6.07) is 8.29. The maximum absolute atomic E-state index is 11.9. The van der Waals surface area contributed by atoms with E-state index in [0.717, 1.165) is 28.3 Å². The molecule has 2 N–H and O–H groups in total. The van der Waals surface area contributed by atoms with Gasteiger partial charge in [-0.25, -0.2) is 4.98 Å². The second kappa shape index (κ2) is 7.34. The first-order valence-electron chi connectivity index (χ1n) is 8.47. The molecule has 1 amide bonds. The van der Waals surface area contributed by atoms with Crippen molar-refractivity contribution in [3.63, 3.8) is 0 Å². The fourth-order valence-corrected chi connectivity index (χ4v) is 2.79. The molecular weight excluding hydrogens is 314 g/mol. The molecule has 0 spiro atoms. The first-order chi connectivity index (χ1) is 12.1. The highest BCUT2D eigenvalue weighted by Gasteiger charge is 2.15. The molecule has 0 radical (unpaired) electrons. The minimum absolute atomic E-state index is 0.0374. The lowest BCUT2D eigenvalue weighted by Gasteiger charge is -2.11. The molecule has 0 aliphatic carbocycles. The van der Waals surface area contributed by atoms with E-state index in [4.69, 9.17) is 4.98 Å². The number of carbonyl (C=O) groups is 1. The number of anilines is 1. The first kappa shape index (κ1) is 17.0. The zero-order valence-corrected chi connectivity index (χ0v) is 14.8. The van der Waals surface area contributed by atoms with E-state index >= 15 is 0 Å². The molecule has 1 aromatic carbocycles. The van der Waals surface area contributed by atoms with Gasteiger partial charge in [0.1, 0.15) is 11.5 Å². The van der Waals surface area contributed by atoms with Crippen molar-refractivity contribution >= 4 is 17.4 Å². The molecule has 25 heavy (non-hydrogen) atoms. The Bertz CT molecular complexity index is 884. The predicted octanol–water partition coefficient (Wildman–Crippen LogP) is 3.03. The number of imidazole rings is 1. The molecule has 130 valence electrons. The van der Waals surface area contributed by atoms with E-state index in [1.54, 1.807) is 12.4 Å². The second-order valence-corrected chi connectivity index (χ2v) is 6.33. The smallest absolute Gasteiger partial charge is 0.221 e. The van der Waals surface area contributed by atoms with E-state index < -0.39 is 0 Å². The van der Waals surface area contributed by atoms with E-state index in [1.165, 1.54) is 0 Å². The van der Waals surface area contributed by atoms with E-state index in [9.17, 15) is 4.79 Å². The molecule has 2 heterocycles. The fourth-order valence-electron chi connectivity index (χ4n) is 2.79. The summed E-state index contributed by atoms with van der Waals surface area (Å²) in [4.78, 5) is 20.7. The highest BCUT2D eigenvalue weighted by molar-refractivity contribution is 5.79. The van der Waals surface area contributed by atoms with Gasteiger partial charge in [0.15, 0.2) is 5.65 Å². The highest BCUT2D eigenvalue weighted by atomic mass is 16.1. The Morgan fingerprint density at radius 2 is 2.08 bits per heavy atom. The number of hydrogen-bond acceptors (Lipinski definition) is 4. The maximum atomic E-state index is 11.9. The lowest BCUT2D eigenvalue weighted by atomic mass is 10.1. The van der Waals surface area contributed by atoms with Gasteiger partial charge in [0, 0.05) is 37.0 Å². The third-order valence-electron chi connectivity index (χ3n) is 3.92. The maximum Gasteiger partial charge on any atom is 0.221 e. The molecule has 2 aromatic heterocycles. The normalized spacial score (nSPS) is 11.0. The first-order valence-corrected chi connectivity index (χ1v) is 8.47. The summed E-state index contributed by atoms with van der Waals surface area (Å²) >= 11 is 0. The molecule has 0 saturated carbocycles. The van der Waals surface area contributed by atoms with Crippen molar-refractivity contribution in [2.24, 2.45) is 0 Å². The summed E-state index contributed by atoms with van der Waals surface area (Å²) in [6.07, 6.45) is 5.75. The zero-order valence-electron chi connectivity index (χ0n) is 14.8. The van der Waals surface area contributed by atoms with Crippen LogP contribution in [0.25, 0.3) is 16.9 Å². The molecule has 0 aliphatic heterocycles. The Balaban J connectivity index is 1.89. The van der Waals surface area contributed by atoms with Crippen LogP contribution in [-0.4, -0.2) is 32.9 Å². The van der Waals surface area contributed by atoms with E-state index in [1.807, 2.05) is 36.6 Å². The Morgan fingerprint density at radius 3 is 2.84 bits per heavy atom. The monoisotopic (exact) mass is 337 g/mol. The molecule has 0 saturated heterocycles. The number of nitrogens with one attached hydrogen (secondary N) is 2. The number of amides is 1. The lowest BCUT2D eigenvalue weighted by molar-refractivity contribution is -0.121. The Labute approximate surface area is 147 Å². The molecular formula is C19H23N5O. The molecule has 0 atom stereocenters. The highest BCUT2D eigenvalue weighted by Crippen LogP contribution is 2.30. The third-order valence-corrected chi connectivity index (χ3v) is 3.92. The molecule has 0 bridgehead atoms. The van der Waals surface area contributed by atoms with Gasteiger partial charge in [-0.1, -0.05) is 24.3 Å². The SMILES string of the molecule is Cc1ccccc1-c1nc2cnccn2c1NCCC(=O)NC(C)C. The largest absolute Gasteiger partial charge is 0.369 e. The van der Waals surface area contributed by atoms with Gasteiger partial charge < -0.3 is 10.6 Å². The Kier molecular flexibility index (Phi) is 4.97. The summed E-state index contributed by atoms with van der Waals surface area (Å²) in [6.45, 7) is 6.52. The van der Waals surface area contributed by atoms with Crippen molar-refractivity contribution in [2.75, 3.05) is 11.9 Å². The van der Waals surface area contributed by atoms with Crippen LogP contribution < -0.4 is 10.6 Å². The summed E-state index contributed by atoms with van der Waals surface area (Å²) in [7, 11) is 0. The van der Waals surface area contributed by atoms with Gasteiger partial charge in [-0.3, -0.25) is 14.2 Å². The van der Waals surface area contributed by atoms with Crippen LogP contribution in [0.2, 0.25) is 0 Å². The molecule has 3 rings (SSSR count). The van der Waals surface area contributed by atoms with E-state index in [0.29, 0.717) is 13.0 Å². The minimum atomic E-state index is 0.0374. The lowest BCUT2D eigenvalue weighted by Crippen LogP contribution is -2.31. The van der Waals surface area contributed by atoms with Gasteiger partial charge in [0.25, 0.3) is 0 Å². The van der Waals surface area contributed by atoms with Crippen LogP contribution in [0.5, 0.6) is 0 Å². The van der Waals surface area contributed by atoms with Gasteiger partial charge in [0.05, 0.1) is 6.20 Å². The van der Waals surface area contributed by atoms with Crippen LogP contribution in [0.15, 0.2) is 42.9 Å². The number of benzene rings is 1.